The highest BCUT2D eigenvalue weighted by molar-refractivity contribution is 5.76. The van der Waals surface area contributed by atoms with Crippen molar-refractivity contribution in [3.63, 3.8) is 0 Å². The second-order valence-electron chi connectivity index (χ2n) is 7.12. The van der Waals surface area contributed by atoms with E-state index in [1.54, 1.807) is 30.3 Å². The summed E-state index contributed by atoms with van der Waals surface area (Å²) in [6.07, 6.45) is 0. The third kappa shape index (κ3) is 3.74. The highest BCUT2D eigenvalue weighted by Gasteiger charge is 2.26. The van der Waals surface area contributed by atoms with E-state index in [2.05, 4.69) is 36.4 Å². The summed E-state index contributed by atoms with van der Waals surface area (Å²) in [5, 5.41) is 12.0. The third-order valence-electron chi connectivity index (χ3n) is 4.14. The number of aromatic nitrogens is 3. The molecule has 0 fully saturated rings. The molecular weight excluding hydrogens is 319 g/mol. The van der Waals surface area contributed by atoms with E-state index in [-0.39, 0.29) is 29.5 Å². The lowest BCUT2D eigenvalue weighted by molar-refractivity contribution is 0.248. The van der Waals surface area contributed by atoms with E-state index in [1.165, 1.54) is 16.8 Å². The zero-order chi connectivity index (χ0) is 18.0. The molecule has 0 bridgehead atoms. The molecule has 1 N–H and O–H groups in total. The predicted molar refractivity (Wildman–Crippen MR) is 95.5 cm³/mol. The van der Waals surface area contributed by atoms with Crippen LogP contribution in [-0.4, -0.2) is 15.0 Å². The molecule has 0 aliphatic carbocycles. The molecule has 2 aromatic carbocycles. The summed E-state index contributed by atoms with van der Waals surface area (Å²) in [7, 11) is 0. The van der Waals surface area contributed by atoms with Gasteiger partial charge in [0.15, 0.2) is 0 Å². The molecule has 3 aromatic rings. The monoisotopic (exact) mass is 340 g/mol. The lowest BCUT2D eigenvalue weighted by Gasteiger charge is -2.32. The van der Waals surface area contributed by atoms with Gasteiger partial charge in [-0.05, 0) is 35.2 Å². The van der Waals surface area contributed by atoms with Crippen LogP contribution in [0.4, 0.5) is 4.39 Å². The number of hydrogen-bond acceptors (Lipinski definition) is 4. The van der Waals surface area contributed by atoms with Crippen LogP contribution in [0.25, 0.3) is 10.9 Å². The Bertz CT molecular complexity index is 929. The van der Waals surface area contributed by atoms with Gasteiger partial charge < -0.3 is 0 Å². The van der Waals surface area contributed by atoms with Crippen LogP contribution in [0.15, 0.2) is 53.3 Å². The van der Waals surface area contributed by atoms with Gasteiger partial charge in [-0.15, -0.1) is 5.10 Å². The van der Waals surface area contributed by atoms with Crippen molar-refractivity contribution in [2.45, 2.75) is 33.5 Å². The molecule has 130 valence electrons. The van der Waals surface area contributed by atoms with Gasteiger partial charge in [-0.2, -0.15) is 4.68 Å². The van der Waals surface area contributed by atoms with Gasteiger partial charge in [0.1, 0.15) is 11.3 Å². The minimum Gasteiger partial charge on any atom is -0.291 e. The van der Waals surface area contributed by atoms with Gasteiger partial charge in [-0.25, -0.2) is 4.39 Å². The Hall–Kier alpha value is -2.60. The van der Waals surface area contributed by atoms with Crippen LogP contribution in [0.5, 0.6) is 0 Å². The Labute approximate surface area is 145 Å². The summed E-state index contributed by atoms with van der Waals surface area (Å²) in [6, 6.07) is 13.5. The van der Waals surface area contributed by atoms with E-state index in [4.69, 9.17) is 0 Å². The number of hydrogen-bond donors (Lipinski definition) is 1. The molecule has 0 radical (unpaired) electrons. The smallest absolute Gasteiger partial charge is 0.278 e. The van der Waals surface area contributed by atoms with Gasteiger partial charge in [0, 0.05) is 6.04 Å². The maximum atomic E-state index is 13.2. The lowest BCUT2D eigenvalue weighted by atomic mass is 9.82. The zero-order valence-corrected chi connectivity index (χ0v) is 14.5. The molecule has 3 rings (SSSR count). The first-order valence-electron chi connectivity index (χ1n) is 8.17. The van der Waals surface area contributed by atoms with Crippen molar-refractivity contribution >= 4 is 10.9 Å². The quantitative estimate of drug-likeness (QED) is 0.792. The number of benzene rings is 2. The largest absolute Gasteiger partial charge is 0.291 e. The molecule has 25 heavy (non-hydrogen) atoms. The van der Waals surface area contributed by atoms with Crippen molar-refractivity contribution in [2.24, 2.45) is 5.41 Å². The first-order chi connectivity index (χ1) is 11.9. The summed E-state index contributed by atoms with van der Waals surface area (Å²) in [6.45, 7) is 6.48. The van der Waals surface area contributed by atoms with E-state index in [1.807, 2.05) is 6.07 Å². The summed E-state index contributed by atoms with van der Waals surface area (Å²) in [4.78, 5) is 12.5. The Morgan fingerprint density at radius 1 is 1.12 bits per heavy atom. The number of rotatable bonds is 4. The van der Waals surface area contributed by atoms with Gasteiger partial charge in [-0.1, -0.05) is 50.3 Å². The summed E-state index contributed by atoms with van der Waals surface area (Å²) in [5.74, 6) is -0.270. The normalized spacial score (nSPS) is 13.1. The maximum Gasteiger partial charge on any atom is 0.278 e. The summed E-state index contributed by atoms with van der Waals surface area (Å²) >= 11 is 0. The Balaban J connectivity index is 1.88. The molecule has 0 amide bonds. The van der Waals surface area contributed by atoms with Crippen LogP contribution in [0, 0.1) is 11.2 Å². The van der Waals surface area contributed by atoms with Crippen molar-refractivity contribution in [1.29, 1.82) is 0 Å². The predicted octanol–water partition coefficient (Wildman–Crippen LogP) is 3.27. The standard InChI is InChI=1S/C19H21FN4O/c1-19(2,3)17(13-8-10-14(20)11-9-13)21-12-24-18(25)15-6-4-5-7-16(15)22-23-24/h4-11,17,21H,12H2,1-3H3. The van der Waals surface area contributed by atoms with Crippen molar-refractivity contribution in [2.75, 3.05) is 0 Å². The second-order valence-corrected chi connectivity index (χ2v) is 7.12. The molecule has 1 atom stereocenters. The molecule has 1 unspecified atom stereocenters. The number of nitrogens with zero attached hydrogens (tertiary/aromatic N) is 3. The van der Waals surface area contributed by atoms with Crippen LogP contribution >= 0.6 is 0 Å². The first-order valence-corrected chi connectivity index (χ1v) is 8.17. The number of halogens is 1. The molecule has 0 aliphatic rings. The SMILES string of the molecule is CC(C)(C)C(NCn1nnc2ccccc2c1=O)c1ccc(F)cc1. The minimum absolute atomic E-state index is 0.0757. The fraction of sp³-hybridized carbons (Fsp3) is 0.316. The van der Waals surface area contributed by atoms with Gasteiger partial charge in [0.05, 0.1) is 12.1 Å². The number of nitrogens with one attached hydrogen (secondary N) is 1. The molecule has 1 heterocycles. The minimum atomic E-state index is -0.270. The van der Waals surface area contributed by atoms with Crippen LogP contribution in [0.3, 0.4) is 0 Å². The van der Waals surface area contributed by atoms with Crippen molar-refractivity contribution in [1.82, 2.24) is 20.3 Å². The summed E-state index contributed by atoms with van der Waals surface area (Å²) in [5.41, 5.74) is 1.21. The molecule has 0 spiro atoms. The molecule has 1 aromatic heterocycles. The molecule has 0 aliphatic heterocycles. The second kappa shape index (κ2) is 6.72. The van der Waals surface area contributed by atoms with E-state index in [0.717, 1.165) is 5.56 Å². The Morgan fingerprint density at radius 2 is 1.80 bits per heavy atom. The fourth-order valence-corrected chi connectivity index (χ4v) is 2.88. The third-order valence-corrected chi connectivity index (χ3v) is 4.14. The van der Waals surface area contributed by atoms with Gasteiger partial charge in [-0.3, -0.25) is 10.1 Å². The van der Waals surface area contributed by atoms with Crippen molar-refractivity contribution in [3.05, 3.63) is 70.3 Å². The summed E-state index contributed by atoms with van der Waals surface area (Å²) < 4.78 is 14.5. The maximum absolute atomic E-state index is 13.2. The van der Waals surface area contributed by atoms with E-state index in [0.29, 0.717) is 10.9 Å². The molecule has 6 heteroatoms. The van der Waals surface area contributed by atoms with Crippen molar-refractivity contribution in [3.8, 4) is 0 Å². The molecule has 5 nitrogen and oxygen atoms in total. The highest BCUT2D eigenvalue weighted by Crippen LogP contribution is 2.32. The number of fused-ring (bicyclic) bond motifs is 1. The average Bonchev–Trinajstić information content (AvgIpc) is 2.57. The van der Waals surface area contributed by atoms with Crippen LogP contribution < -0.4 is 10.9 Å². The topological polar surface area (TPSA) is 59.8 Å². The van der Waals surface area contributed by atoms with E-state index >= 15 is 0 Å². The lowest BCUT2D eigenvalue weighted by Crippen LogP contribution is -2.37. The molecule has 0 saturated heterocycles. The van der Waals surface area contributed by atoms with Crippen molar-refractivity contribution < 1.29 is 4.39 Å². The van der Waals surface area contributed by atoms with Gasteiger partial charge in [0.25, 0.3) is 5.56 Å². The first kappa shape index (κ1) is 17.2. The zero-order valence-electron chi connectivity index (χ0n) is 14.5. The van der Waals surface area contributed by atoms with E-state index < -0.39 is 0 Å². The van der Waals surface area contributed by atoms with Gasteiger partial charge >= 0.3 is 0 Å². The Morgan fingerprint density at radius 3 is 2.48 bits per heavy atom. The van der Waals surface area contributed by atoms with Gasteiger partial charge in [0.2, 0.25) is 0 Å². The highest BCUT2D eigenvalue weighted by atomic mass is 19.1. The average molecular weight is 340 g/mol. The fourth-order valence-electron chi connectivity index (χ4n) is 2.88. The van der Waals surface area contributed by atoms with E-state index in [9.17, 15) is 9.18 Å². The molecular formula is C19H21FN4O. The van der Waals surface area contributed by atoms with Crippen LogP contribution in [-0.2, 0) is 6.67 Å². The molecule has 0 saturated carbocycles. The van der Waals surface area contributed by atoms with Crippen LogP contribution in [0.1, 0.15) is 32.4 Å². The van der Waals surface area contributed by atoms with Crippen LogP contribution in [0.2, 0.25) is 0 Å². The Kier molecular flexibility index (Phi) is 4.63.